The van der Waals surface area contributed by atoms with Crippen LogP contribution >= 0.6 is 11.6 Å². The molecule has 0 saturated carbocycles. The van der Waals surface area contributed by atoms with E-state index < -0.39 is 23.2 Å². The van der Waals surface area contributed by atoms with E-state index in [4.69, 9.17) is 28.6 Å². The molecule has 2 N–H and O–H groups in total. The number of pyridine rings is 1. The van der Waals surface area contributed by atoms with E-state index in [0.29, 0.717) is 6.07 Å². The van der Waals surface area contributed by atoms with Crippen LogP contribution in [0.25, 0.3) is 11.1 Å². The van der Waals surface area contributed by atoms with Crippen LogP contribution in [0.4, 0.5) is 17.6 Å². The Morgan fingerprint density at radius 2 is 1.96 bits per heavy atom. The maximum absolute atomic E-state index is 14.1. The second-order valence-corrected chi connectivity index (χ2v) is 4.97. The van der Waals surface area contributed by atoms with Crippen molar-refractivity contribution < 1.29 is 22.3 Å². The summed E-state index contributed by atoms with van der Waals surface area (Å²) in [4.78, 5) is 12.1. The fraction of sp³-hybridized carbons (Fsp3) is 0.133. The summed E-state index contributed by atoms with van der Waals surface area (Å²) in [7, 11) is 0. The third kappa shape index (κ3) is 3.31. The van der Waals surface area contributed by atoms with E-state index in [0.717, 1.165) is 18.2 Å². The number of aromatic nitrogens is 1. The van der Waals surface area contributed by atoms with Crippen LogP contribution in [0.3, 0.4) is 0 Å². The van der Waals surface area contributed by atoms with E-state index in [1.807, 2.05) is 0 Å². The van der Waals surface area contributed by atoms with Crippen molar-refractivity contribution in [2.45, 2.75) is 6.18 Å². The van der Waals surface area contributed by atoms with Crippen LogP contribution < -0.4 is 16.1 Å². The lowest BCUT2D eigenvalue weighted by Gasteiger charge is -2.14. The number of alkyl halides is 3. The number of nitrogens with two attached hydrogens (primary N) is 1. The Morgan fingerprint density at radius 3 is 2.54 bits per heavy atom. The standard InChI is InChI=1S/C15H9ClF4N2O2/c1-2-5-24-12-6-9(11(17)7-10(12)16)8-3-4-13(15(18,19)20)22(21)14(8)23/h1,3-4,6-7H,5,21H2. The third-order valence-electron chi connectivity index (χ3n) is 3.03. The first-order valence-electron chi connectivity index (χ1n) is 6.30. The van der Waals surface area contributed by atoms with E-state index in [9.17, 15) is 22.4 Å². The lowest BCUT2D eigenvalue weighted by atomic mass is 10.1. The first-order chi connectivity index (χ1) is 11.2. The van der Waals surface area contributed by atoms with Crippen molar-refractivity contribution in [3.05, 3.63) is 51.2 Å². The normalized spacial score (nSPS) is 11.2. The molecule has 4 nitrogen and oxygen atoms in total. The van der Waals surface area contributed by atoms with Crippen LogP contribution in [0.2, 0.25) is 5.02 Å². The highest BCUT2D eigenvalue weighted by atomic mass is 35.5. The van der Waals surface area contributed by atoms with Gasteiger partial charge >= 0.3 is 6.18 Å². The molecule has 0 bridgehead atoms. The van der Waals surface area contributed by atoms with Gasteiger partial charge < -0.3 is 10.6 Å². The summed E-state index contributed by atoms with van der Waals surface area (Å²) < 4.78 is 57.3. The van der Waals surface area contributed by atoms with Gasteiger partial charge in [-0.2, -0.15) is 13.2 Å². The minimum atomic E-state index is -4.83. The number of hydrogen-bond acceptors (Lipinski definition) is 3. The molecule has 0 fully saturated rings. The van der Waals surface area contributed by atoms with Gasteiger partial charge in [0.25, 0.3) is 5.56 Å². The average Bonchev–Trinajstić information content (AvgIpc) is 2.48. The second-order valence-electron chi connectivity index (χ2n) is 4.56. The molecule has 0 atom stereocenters. The highest BCUT2D eigenvalue weighted by Gasteiger charge is 2.34. The molecule has 1 aromatic carbocycles. The zero-order valence-electron chi connectivity index (χ0n) is 11.8. The highest BCUT2D eigenvalue weighted by molar-refractivity contribution is 6.32. The predicted octanol–water partition coefficient (Wildman–Crippen LogP) is 3.05. The van der Waals surface area contributed by atoms with E-state index in [-0.39, 0.29) is 33.2 Å². The minimum absolute atomic E-state index is 0.0195. The van der Waals surface area contributed by atoms with Crippen LogP contribution in [0, 0.1) is 18.2 Å². The van der Waals surface area contributed by atoms with Crippen LogP contribution in [0.15, 0.2) is 29.1 Å². The summed E-state index contributed by atoms with van der Waals surface area (Å²) in [5, 5.41) is -0.105. The predicted molar refractivity (Wildman–Crippen MR) is 80.6 cm³/mol. The number of nitrogens with zero attached hydrogens (tertiary/aromatic N) is 1. The van der Waals surface area contributed by atoms with Gasteiger partial charge in [0, 0.05) is 5.56 Å². The molecular formula is C15H9ClF4N2O2. The lowest BCUT2D eigenvalue weighted by molar-refractivity contribution is -0.143. The summed E-state index contributed by atoms with van der Waals surface area (Å²) in [6, 6.07) is 3.33. The Balaban J connectivity index is 2.63. The monoisotopic (exact) mass is 360 g/mol. The molecule has 126 valence electrons. The molecule has 1 aromatic heterocycles. The van der Waals surface area contributed by atoms with E-state index in [1.165, 1.54) is 0 Å². The van der Waals surface area contributed by atoms with Crippen molar-refractivity contribution >= 4 is 11.6 Å². The van der Waals surface area contributed by atoms with Crippen LogP contribution in [0.1, 0.15) is 5.69 Å². The van der Waals surface area contributed by atoms with E-state index in [1.54, 1.807) is 0 Å². The summed E-state index contributed by atoms with van der Waals surface area (Å²) in [5.74, 6) is 6.41. The topological polar surface area (TPSA) is 57.2 Å². The molecule has 0 unspecified atom stereocenters. The van der Waals surface area contributed by atoms with Gasteiger partial charge in [0.15, 0.2) is 0 Å². The molecule has 2 aromatic rings. The van der Waals surface area contributed by atoms with Crippen molar-refractivity contribution in [3.63, 3.8) is 0 Å². The zero-order chi connectivity index (χ0) is 18.1. The Hall–Kier alpha value is -2.66. The number of benzene rings is 1. The molecular weight excluding hydrogens is 352 g/mol. The van der Waals surface area contributed by atoms with Crippen LogP contribution in [0.5, 0.6) is 5.75 Å². The number of ether oxygens (including phenoxy) is 1. The quantitative estimate of drug-likeness (QED) is 0.520. The van der Waals surface area contributed by atoms with Crippen molar-refractivity contribution in [2.75, 3.05) is 12.4 Å². The smallest absolute Gasteiger partial charge is 0.433 e. The Morgan fingerprint density at radius 1 is 1.29 bits per heavy atom. The minimum Gasteiger partial charge on any atom is -0.479 e. The molecule has 24 heavy (non-hydrogen) atoms. The molecule has 0 saturated heterocycles. The molecule has 9 heteroatoms. The molecule has 2 rings (SSSR count). The largest absolute Gasteiger partial charge is 0.479 e. The molecule has 0 aliphatic rings. The van der Waals surface area contributed by atoms with Crippen molar-refractivity contribution in [2.24, 2.45) is 0 Å². The van der Waals surface area contributed by atoms with Gasteiger partial charge in [-0.3, -0.25) is 4.79 Å². The first-order valence-corrected chi connectivity index (χ1v) is 6.68. The summed E-state index contributed by atoms with van der Waals surface area (Å²) in [6.07, 6.45) is 0.211. The Labute approximate surface area is 138 Å². The zero-order valence-corrected chi connectivity index (χ0v) is 12.6. The summed E-state index contributed by atoms with van der Waals surface area (Å²) >= 11 is 5.79. The summed E-state index contributed by atoms with van der Waals surface area (Å²) in [6.45, 7) is -0.168. The van der Waals surface area contributed by atoms with Gasteiger partial charge in [0.2, 0.25) is 0 Å². The molecule has 0 amide bonds. The van der Waals surface area contributed by atoms with E-state index >= 15 is 0 Å². The Bertz CT molecular complexity index is 885. The molecule has 0 aliphatic heterocycles. The van der Waals surface area contributed by atoms with Gasteiger partial charge in [0.05, 0.1) is 10.6 Å². The van der Waals surface area contributed by atoms with Crippen molar-refractivity contribution in [1.29, 1.82) is 0 Å². The maximum atomic E-state index is 14.1. The van der Waals surface area contributed by atoms with Gasteiger partial charge in [-0.15, -0.1) is 6.42 Å². The number of terminal acetylenes is 1. The fourth-order valence-electron chi connectivity index (χ4n) is 1.95. The average molecular weight is 361 g/mol. The van der Waals surface area contributed by atoms with Gasteiger partial charge in [-0.05, 0) is 24.3 Å². The van der Waals surface area contributed by atoms with Crippen LogP contribution in [-0.4, -0.2) is 11.3 Å². The number of hydrogen-bond donors (Lipinski definition) is 1. The lowest BCUT2D eigenvalue weighted by Crippen LogP contribution is -2.34. The van der Waals surface area contributed by atoms with Gasteiger partial charge in [-0.25, -0.2) is 9.07 Å². The second kappa shape index (κ2) is 6.45. The van der Waals surface area contributed by atoms with Crippen LogP contribution in [-0.2, 0) is 6.18 Å². The molecule has 0 aliphatic carbocycles. The fourth-order valence-corrected chi connectivity index (χ4v) is 2.16. The maximum Gasteiger partial charge on any atom is 0.433 e. The van der Waals surface area contributed by atoms with Gasteiger partial charge in [0.1, 0.15) is 23.9 Å². The number of halogens is 5. The van der Waals surface area contributed by atoms with Crippen molar-refractivity contribution in [1.82, 2.24) is 4.68 Å². The molecule has 0 spiro atoms. The third-order valence-corrected chi connectivity index (χ3v) is 3.33. The number of rotatable bonds is 3. The van der Waals surface area contributed by atoms with E-state index in [2.05, 4.69) is 5.92 Å². The molecule has 0 radical (unpaired) electrons. The first kappa shape index (κ1) is 17.7. The van der Waals surface area contributed by atoms with Crippen molar-refractivity contribution in [3.8, 4) is 29.2 Å². The Kier molecular flexibility index (Phi) is 4.76. The summed E-state index contributed by atoms with van der Waals surface area (Å²) in [5.41, 5.74) is -3.29. The SMILES string of the molecule is C#CCOc1cc(-c2ccc(C(F)(F)F)n(N)c2=O)c(F)cc1Cl. The highest BCUT2D eigenvalue weighted by Crippen LogP contribution is 2.33. The van der Waals surface area contributed by atoms with Gasteiger partial charge in [-0.1, -0.05) is 17.5 Å². The number of nitrogen functional groups attached to an aromatic ring is 1. The molecule has 1 heterocycles.